The molecule has 0 radical (unpaired) electrons. The molecule has 6 heterocycles. The molecule has 6 rings (SSSR count). The van der Waals surface area contributed by atoms with Crippen LogP contribution in [0.1, 0.15) is 98.2 Å². The lowest BCUT2D eigenvalue weighted by Crippen LogP contribution is -1.94. The molecular weight excluding hydrogens is 685 g/mol. The van der Waals surface area contributed by atoms with Gasteiger partial charge >= 0.3 is 0 Å². The van der Waals surface area contributed by atoms with Crippen LogP contribution in [0.5, 0.6) is 0 Å². The second-order valence-electron chi connectivity index (χ2n) is 11.7. The van der Waals surface area contributed by atoms with Gasteiger partial charge in [0.2, 0.25) is 0 Å². The molecule has 45 heavy (non-hydrogen) atoms. The van der Waals surface area contributed by atoms with E-state index in [2.05, 4.69) is 85.1 Å². The Morgan fingerprint density at radius 2 is 1.13 bits per heavy atom. The molecule has 0 amide bonds. The van der Waals surface area contributed by atoms with Gasteiger partial charge in [0.15, 0.2) is 6.29 Å². The van der Waals surface area contributed by atoms with Crippen LogP contribution in [-0.4, -0.2) is 17.8 Å². The minimum absolute atomic E-state index is 0.795. The first-order valence-corrected chi connectivity index (χ1v) is 22.5. The molecule has 5 aromatic heterocycles. The molecule has 0 saturated carbocycles. The maximum atomic E-state index is 11.3. The van der Waals surface area contributed by atoms with Gasteiger partial charge in [-0.1, -0.05) is 65.2 Å². The lowest BCUT2D eigenvalue weighted by atomic mass is 10.0. The Bertz CT molecular complexity index is 1680. The molecule has 0 atom stereocenters. The van der Waals surface area contributed by atoms with Gasteiger partial charge in [-0.05, 0) is 73.7 Å². The molecule has 0 unspecified atom stereocenters. The predicted octanol–water partition coefficient (Wildman–Crippen LogP) is 14.7. The number of carbonyl (C=O) groups is 1. The van der Waals surface area contributed by atoms with Gasteiger partial charge in [0.1, 0.15) is 0 Å². The van der Waals surface area contributed by atoms with Crippen LogP contribution in [0.3, 0.4) is 0 Å². The van der Waals surface area contributed by atoms with Gasteiger partial charge in [-0.25, -0.2) is 0 Å². The van der Waals surface area contributed by atoms with Crippen molar-refractivity contribution in [3.63, 3.8) is 0 Å². The standard InChI is InChI=1S/C37H42OS7/c1-3-5-7-9-10-11-13-25-23-33(45-34(25)31-19-17-28(42-31)27-16-15-26(24-38)41-27)29-18-20-32(43-29)36-37-35(39-21-22-40-37)30(44-36)14-12-8-6-4-2/h15-20,23-24H,3-14,21-22H2,1-2H3. The zero-order valence-corrected chi connectivity index (χ0v) is 32.0. The molecule has 0 bridgehead atoms. The van der Waals surface area contributed by atoms with Crippen molar-refractivity contribution in [1.82, 2.24) is 0 Å². The molecule has 1 nitrogen and oxygen atoms in total. The summed E-state index contributed by atoms with van der Waals surface area (Å²) in [7, 11) is 0. The number of aryl methyl sites for hydroxylation is 2. The fourth-order valence-electron chi connectivity index (χ4n) is 5.82. The molecule has 8 heteroatoms. The highest BCUT2D eigenvalue weighted by Crippen LogP contribution is 2.53. The second-order valence-corrected chi connectivity index (χ2v) is 19.3. The van der Waals surface area contributed by atoms with E-state index in [1.54, 1.807) is 26.0 Å². The Morgan fingerprint density at radius 1 is 0.556 bits per heavy atom. The van der Waals surface area contributed by atoms with Crippen LogP contribution in [0.15, 0.2) is 52.3 Å². The molecule has 0 N–H and O–H groups in total. The molecule has 0 fully saturated rings. The zero-order chi connectivity index (χ0) is 31.0. The molecule has 1 aliphatic heterocycles. The lowest BCUT2D eigenvalue weighted by Gasteiger charge is -2.13. The molecule has 0 aromatic carbocycles. The highest BCUT2D eigenvalue weighted by molar-refractivity contribution is 8.06. The SMILES string of the molecule is CCCCCCCCc1cc(-c2ccc(-c3sc(CCCCCC)c4c3SCCS4)s2)sc1-c1ccc(-c2ccc(C=O)s2)s1. The molecular formula is C37H42OS7. The van der Waals surface area contributed by atoms with Gasteiger partial charge in [-0.2, -0.15) is 0 Å². The number of aldehydes is 1. The van der Waals surface area contributed by atoms with Gasteiger partial charge in [-0.15, -0.1) is 80.2 Å². The number of rotatable bonds is 17. The summed E-state index contributed by atoms with van der Waals surface area (Å²) < 4.78 is 0. The van der Waals surface area contributed by atoms with E-state index in [0.717, 1.165) is 17.6 Å². The van der Waals surface area contributed by atoms with Crippen LogP contribution in [0.2, 0.25) is 0 Å². The lowest BCUT2D eigenvalue weighted by molar-refractivity contribution is 0.112. The summed E-state index contributed by atoms with van der Waals surface area (Å²) in [4.78, 5) is 27.9. The van der Waals surface area contributed by atoms with Crippen LogP contribution < -0.4 is 0 Å². The van der Waals surface area contributed by atoms with E-state index < -0.39 is 0 Å². The Hall–Kier alpha value is -1.13. The van der Waals surface area contributed by atoms with Gasteiger partial charge in [-0.3, -0.25) is 4.79 Å². The number of thioether (sulfide) groups is 2. The highest BCUT2D eigenvalue weighted by Gasteiger charge is 2.24. The first-order chi connectivity index (χ1) is 22.2. The monoisotopic (exact) mass is 726 g/mol. The molecule has 5 aromatic rings. The van der Waals surface area contributed by atoms with Crippen molar-refractivity contribution in [2.24, 2.45) is 0 Å². The number of thiophene rings is 5. The maximum Gasteiger partial charge on any atom is 0.160 e. The average Bonchev–Trinajstić information content (AvgIpc) is 3.90. The Kier molecular flexibility index (Phi) is 12.6. The van der Waals surface area contributed by atoms with Gasteiger partial charge in [0, 0.05) is 60.3 Å². The number of fused-ring (bicyclic) bond motifs is 1. The molecule has 238 valence electrons. The predicted molar refractivity (Wildman–Crippen MR) is 209 cm³/mol. The van der Waals surface area contributed by atoms with E-state index in [1.165, 1.54) is 127 Å². The molecule has 1 aliphatic rings. The summed E-state index contributed by atoms with van der Waals surface area (Å²) in [5.74, 6) is 2.45. The third-order valence-electron chi connectivity index (χ3n) is 8.22. The maximum absolute atomic E-state index is 11.3. The van der Waals surface area contributed by atoms with E-state index in [-0.39, 0.29) is 0 Å². The van der Waals surface area contributed by atoms with E-state index in [1.807, 2.05) is 40.1 Å². The van der Waals surface area contributed by atoms with Gasteiger partial charge < -0.3 is 0 Å². The van der Waals surface area contributed by atoms with Crippen molar-refractivity contribution in [3.8, 4) is 39.0 Å². The smallest absolute Gasteiger partial charge is 0.160 e. The van der Waals surface area contributed by atoms with Crippen molar-refractivity contribution in [1.29, 1.82) is 0 Å². The molecule has 0 saturated heterocycles. The third kappa shape index (κ3) is 8.30. The Morgan fingerprint density at radius 3 is 1.87 bits per heavy atom. The Labute approximate surface area is 297 Å². The molecule has 0 aliphatic carbocycles. The minimum atomic E-state index is 0.795. The molecule has 0 spiro atoms. The largest absolute Gasteiger partial charge is 0.297 e. The van der Waals surface area contributed by atoms with Crippen molar-refractivity contribution in [2.45, 2.75) is 101 Å². The fourth-order valence-corrected chi connectivity index (χ4v) is 14.6. The summed E-state index contributed by atoms with van der Waals surface area (Å²) in [6.07, 6.45) is 16.6. The minimum Gasteiger partial charge on any atom is -0.297 e. The summed E-state index contributed by atoms with van der Waals surface area (Å²) in [5, 5.41) is 0. The number of unbranched alkanes of at least 4 members (excludes halogenated alkanes) is 8. The first-order valence-electron chi connectivity index (χ1n) is 16.5. The van der Waals surface area contributed by atoms with Crippen molar-refractivity contribution < 1.29 is 4.79 Å². The van der Waals surface area contributed by atoms with Crippen LogP contribution in [-0.2, 0) is 12.8 Å². The van der Waals surface area contributed by atoms with Crippen LogP contribution in [0, 0.1) is 0 Å². The van der Waals surface area contributed by atoms with E-state index in [0.29, 0.717) is 0 Å². The summed E-state index contributed by atoms with van der Waals surface area (Å²) >= 11 is 13.7. The van der Waals surface area contributed by atoms with Crippen molar-refractivity contribution >= 4 is 86.5 Å². The highest BCUT2D eigenvalue weighted by atomic mass is 32.2. The second kappa shape index (κ2) is 16.8. The first kappa shape index (κ1) is 33.8. The van der Waals surface area contributed by atoms with Crippen molar-refractivity contribution in [3.05, 3.63) is 57.8 Å². The van der Waals surface area contributed by atoms with E-state index >= 15 is 0 Å². The number of carbonyl (C=O) groups excluding carboxylic acids is 1. The fraction of sp³-hybridized carbons (Fsp3) is 0.432. The normalized spacial score (nSPS) is 13.0. The van der Waals surface area contributed by atoms with Gasteiger partial charge in [0.25, 0.3) is 0 Å². The topological polar surface area (TPSA) is 17.1 Å². The number of hydrogen-bond donors (Lipinski definition) is 0. The van der Waals surface area contributed by atoms with Gasteiger partial charge in [0.05, 0.1) is 9.75 Å². The zero-order valence-electron chi connectivity index (χ0n) is 26.3. The summed E-state index contributed by atoms with van der Waals surface area (Å²) in [6.45, 7) is 4.59. The van der Waals surface area contributed by atoms with Crippen LogP contribution >= 0.6 is 80.2 Å². The quantitative estimate of drug-likeness (QED) is 0.0701. The Balaban J connectivity index is 1.26. The average molecular weight is 727 g/mol. The summed E-state index contributed by atoms with van der Waals surface area (Å²) in [6, 6.07) is 15.8. The van der Waals surface area contributed by atoms with Crippen LogP contribution in [0.25, 0.3) is 39.0 Å². The number of hydrogen-bond acceptors (Lipinski definition) is 8. The summed E-state index contributed by atoms with van der Waals surface area (Å²) in [5.41, 5.74) is 1.50. The third-order valence-corrected chi connectivity index (χ3v) is 17.5. The van der Waals surface area contributed by atoms with E-state index in [9.17, 15) is 4.79 Å². The van der Waals surface area contributed by atoms with E-state index in [4.69, 9.17) is 0 Å². The van der Waals surface area contributed by atoms with Crippen molar-refractivity contribution in [2.75, 3.05) is 11.5 Å². The van der Waals surface area contributed by atoms with Crippen LogP contribution in [0.4, 0.5) is 0 Å².